The molecule has 0 aromatic carbocycles. The van der Waals surface area contributed by atoms with Crippen molar-refractivity contribution >= 4 is 11.9 Å². The lowest BCUT2D eigenvalue weighted by Gasteiger charge is -2.28. The minimum Gasteiger partial charge on any atom is -0.481 e. The third-order valence-electron chi connectivity index (χ3n) is 4.88. The molecule has 1 amide bonds. The molecule has 2 fully saturated rings. The number of carboxylic acids is 1. The van der Waals surface area contributed by atoms with E-state index in [0.29, 0.717) is 19.4 Å². The molecule has 1 saturated carbocycles. The number of nitrogens with one attached hydrogen (secondary N) is 1. The fourth-order valence-electron chi connectivity index (χ4n) is 3.42. The van der Waals surface area contributed by atoms with Crippen molar-refractivity contribution < 1.29 is 14.7 Å². The Balaban J connectivity index is 1.91. The average Bonchev–Trinajstić information content (AvgIpc) is 2.71. The summed E-state index contributed by atoms with van der Waals surface area (Å²) in [4.78, 5) is 26.0. The molecule has 114 valence electrons. The molecular weight excluding hydrogens is 256 g/mol. The van der Waals surface area contributed by atoms with Gasteiger partial charge >= 0.3 is 5.97 Å². The van der Waals surface area contributed by atoms with Gasteiger partial charge in [-0.05, 0) is 32.9 Å². The first-order valence-electron chi connectivity index (χ1n) is 7.73. The van der Waals surface area contributed by atoms with E-state index in [1.807, 2.05) is 7.05 Å². The summed E-state index contributed by atoms with van der Waals surface area (Å²) in [5, 5.41) is 12.5. The third kappa shape index (κ3) is 3.51. The summed E-state index contributed by atoms with van der Waals surface area (Å²) in [6.07, 6.45) is 6.37. The Morgan fingerprint density at radius 2 is 1.90 bits per heavy atom. The number of hydrogen-bond donors (Lipinski definition) is 2. The SMILES string of the molecule is CN1CCC(C(=O)NCC2(C(=O)O)CCCCCC2)C1. The zero-order valence-corrected chi connectivity index (χ0v) is 12.4. The van der Waals surface area contributed by atoms with Crippen LogP contribution in [0.15, 0.2) is 0 Å². The minimum atomic E-state index is -0.747. The van der Waals surface area contributed by atoms with E-state index < -0.39 is 11.4 Å². The first kappa shape index (κ1) is 15.3. The summed E-state index contributed by atoms with van der Waals surface area (Å²) in [6, 6.07) is 0. The normalized spacial score (nSPS) is 26.9. The van der Waals surface area contributed by atoms with Crippen molar-refractivity contribution in [1.29, 1.82) is 0 Å². The lowest BCUT2D eigenvalue weighted by Crippen LogP contribution is -2.44. The van der Waals surface area contributed by atoms with Gasteiger partial charge in [0.2, 0.25) is 5.91 Å². The lowest BCUT2D eigenvalue weighted by molar-refractivity contribution is -0.150. The zero-order valence-electron chi connectivity index (χ0n) is 12.4. The van der Waals surface area contributed by atoms with E-state index in [2.05, 4.69) is 10.2 Å². The Labute approximate surface area is 120 Å². The maximum Gasteiger partial charge on any atom is 0.311 e. The maximum absolute atomic E-state index is 12.2. The second kappa shape index (κ2) is 6.57. The molecule has 0 spiro atoms. The van der Waals surface area contributed by atoms with Crippen LogP contribution in [-0.2, 0) is 9.59 Å². The predicted molar refractivity (Wildman–Crippen MR) is 76.4 cm³/mol. The van der Waals surface area contributed by atoms with Crippen molar-refractivity contribution in [2.24, 2.45) is 11.3 Å². The van der Waals surface area contributed by atoms with Crippen LogP contribution in [0.25, 0.3) is 0 Å². The molecule has 1 atom stereocenters. The van der Waals surface area contributed by atoms with Crippen molar-refractivity contribution in [3.05, 3.63) is 0 Å². The minimum absolute atomic E-state index is 0.0247. The van der Waals surface area contributed by atoms with Gasteiger partial charge in [-0.1, -0.05) is 25.7 Å². The molecule has 1 aliphatic heterocycles. The second-order valence-electron chi connectivity index (χ2n) is 6.47. The van der Waals surface area contributed by atoms with Crippen molar-refractivity contribution in [1.82, 2.24) is 10.2 Å². The summed E-state index contributed by atoms with van der Waals surface area (Å²) in [5.74, 6) is -0.695. The van der Waals surface area contributed by atoms with Crippen LogP contribution in [0.3, 0.4) is 0 Å². The van der Waals surface area contributed by atoms with E-state index >= 15 is 0 Å². The molecule has 1 unspecified atom stereocenters. The maximum atomic E-state index is 12.2. The van der Waals surface area contributed by atoms with Crippen LogP contribution >= 0.6 is 0 Å². The van der Waals surface area contributed by atoms with Gasteiger partial charge in [-0.2, -0.15) is 0 Å². The number of rotatable bonds is 4. The van der Waals surface area contributed by atoms with Crippen LogP contribution in [0.1, 0.15) is 44.9 Å². The van der Waals surface area contributed by atoms with Crippen molar-refractivity contribution in [2.75, 3.05) is 26.7 Å². The van der Waals surface area contributed by atoms with Crippen LogP contribution in [0.5, 0.6) is 0 Å². The molecule has 5 nitrogen and oxygen atoms in total. The molecule has 2 aliphatic rings. The molecule has 2 rings (SSSR count). The second-order valence-corrected chi connectivity index (χ2v) is 6.47. The largest absolute Gasteiger partial charge is 0.481 e. The smallest absolute Gasteiger partial charge is 0.311 e. The van der Waals surface area contributed by atoms with Crippen LogP contribution in [0.4, 0.5) is 0 Å². The van der Waals surface area contributed by atoms with Crippen LogP contribution in [0, 0.1) is 11.3 Å². The number of aliphatic carboxylic acids is 1. The average molecular weight is 282 g/mol. The van der Waals surface area contributed by atoms with E-state index in [-0.39, 0.29) is 11.8 Å². The van der Waals surface area contributed by atoms with Crippen LogP contribution in [0.2, 0.25) is 0 Å². The molecule has 20 heavy (non-hydrogen) atoms. The Bertz CT molecular complexity index is 362. The van der Waals surface area contributed by atoms with Gasteiger partial charge in [0, 0.05) is 13.1 Å². The molecule has 0 radical (unpaired) electrons. The van der Waals surface area contributed by atoms with Gasteiger partial charge in [0.15, 0.2) is 0 Å². The lowest BCUT2D eigenvalue weighted by atomic mass is 9.80. The first-order valence-corrected chi connectivity index (χ1v) is 7.73. The molecule has 0 aromatic rings. The summed E-state index contributed by atoms with van der Waals surface area (Å²) >= 11 is 0. The number of carbonyl (C=O) groups excluding carboxylic acids is 1. The molecule has 1 saturated heterocycles. The Morgan fingerprint density at radius 3 is 2.40 bits per heavy atom. The van der Waals surface area contributed by atoms with Gasteiger partial charge in [-0.3, -0.25) is 9.59 Å². The fourth-order valence-corrected chi connectivity index (χ4v) is 3.42. The fraction of sp³-hybridized carbons (Fsp3) is 0.867. The van der Waals surface area contributed by atoms with E-state index in [9.17, 15) is 14.7 Å². The molecule has 5 heteroatoms. The highest BCUT2D eigenvalue weighted by atomic mass is 16.4. The molecule has 0 bridgehead atoms. The predicted octanol–water partition coefficient (Wildman–Crippen LogP) is 1.48. The van der Waals surface area contributed by atoms with E-state index in [0.717, 1.165) is 45.2 Å². The quantitative estimate of drug-likeness (QED) is 0.766. The molecule has 1 heterocycles. The van der Waals surface area contributed by atoms with Crippen LogP contribution in [-0.4, -0.2) is 48.6 Å². The highest BCUT2D eigenvalue weighted by molar-refractivity contribution is 5.81. The van der Waals surface area contributed by atoms with Gasteiger partial charge in [-0.15, -0.1) is 0 Å². The Hall–Kier alpha value is -1.10. The Kier molecular flexibility index (Phi) is 5.02. The zero-order chi connectivity index (χ0) is 14.6. The standard InChI is InChI=1S/C15H26N2O3/c1-17-9-6-12(10-17)13(18)16-11-15(14(19)20)7-4-2-3-5-8-15/h12H,2-11H2,1H3,(H,16,18)(H,19,20). The monoisotopic (exact) mass is 282 g/mol. The van der Waals surface area contributed by atoms with E-state index in [1.165, 1.54) is 0 Å². The summed E-state index contributed by atoms with van der Waals surface area (Å²) in [6.45, 7) is 2.02. The molecule has 0 aromatic heterocycles. The highest BCUT2D eigenvalue weighted by Crippen LogP contribution is 2.35. The van der Waals surface area contributed by atoms with Crippen molar-refractivity contribution in [2.45, 2.75) is 44.9 Å². The van der Waals surface area contributed by atoms with Crippen LogP contribution < -0.4 is 5.32 Å². The summed E-state index contributed by atoms with van der Waals surface area (Å²) < 4.78 is 0. The topological polar surface area (TPSA) is 69.6 Å². The van der Waals surface area contributed by atoms with Gasteiger partial charge in [0.1, 0.15) is 0 Å². The van der Waals surface area contributed by atoms with Gasteiger partial charge in [0.25, 0.3) is 0 Å². The third-order valence-corrected chi connectivity index (χ3v) is 4.88. The van der Waals surface area contributed by atoms with Gasteiger partial charge < -0.3 is 15.3 Å². The number of nitrogens with zero attached hydrogens (tertiary/aromatic N) is 1. The molecule has 2 N–H and O–H groups in total. The highest BCUT2D eigenvalue weighted by Gasteiger charge is 2.39. The van der Waals surface area contributed by atoms with Gasteiger partial charge in [0.05, 0.1) is 11.3 Å². The number of amides is 1. The molecular formula is C15H26N2O3. The number of hydrogen-bond acceptors (Lipinski definition) is 3. The molecule has 1 aliphatic carbocycles. The number of carbonyl (C=O) groups is 2. The Morgan fingerprint density at radius 1 is 1.25 bits per heavy atom. The van der Waals surface area contributed by atoms with Crippen molar-refractivity contribution in [3.8, 4) is 0 Å². The van der Waals surface area contributed by atoms with Gasteiger partial charge in [-0.25, -0.2) is 0 Å². The summed E-state index contributed by atoms with van der Waals surface area (Å²) in [7, 11) is 2.01. The van der Waals surface area contributed by atoms with Crippen molar-refractivity contribution in [3.63, 3.8) is 0 Å². The number of likely N-dealkylation sites (tertiary alicyclic amines) is 1. The first-order chi connectivity index (χ1) is 9.53. The summed E-state index contributed by atoms with van der Waals surface area (Å²) in [5.41, 5.74) is -0.739. The van der Waals surface area contributed by atoms with E-state index in [4.69, 9.17) is 0 Å². The number of carboxylic acid groups (broad SMARTS) is 1. The van der Waals surface area contributed by atoms with E-state index in [1.54, 1.807) is 0 Å².